The first-order chi connectivity index (χ1) is 20.0. The van der Waals surface area contributed by atoms with Gasteiger partial charge in [-0.1, -0.05) is 0 Å². The molecule has 0 aliphatic heterocycles. The number of carbonyl (C=O) groups excluding carboxylic acids is 1. The monoisotopic (exact) mass is 558 g/mol. The first-order valence-electron chi connectivity index (χ1n) is 12.6. The Balaban J connectivity index is 1.53. The van der Waals surface area contributed by atoms with Crippen LogP contribution in [0.5, 0.6) is 23.0 Å². The highest BCUT2D eigenvalue weighted by Gasteiger charge is 2.21. The minimum Gasteiger partial charge on any atom is -0.493 e. The molecule has 212 valence electrons. The van der Waals surface area contributed by atoms with E-state index in [1.165, 1.54) is 10.9 Å². The van der Waals surface area contributed by atoms with E-state index in [0.717, 1.165) is 0 Å². The summed E-state index contributed by atoms with van der Waals surface area (Å²) < 4.78 is 23.9. The molecule has 1 aromatic carbocycles. The number of carbonyl (C=O) groups is 1. The van der Waals surface area contributed by atoms with Gasteiger partial charge in [-0.15, -0.1) is 0 Å². The van der Waals surface area contributed by atoms with Gasteiger partial charge in [-0.05, 0) is 50.9 Å². The van der Waals surface area contributed by atoms with Crippen molar-refractivity contribution in [1.29, 1.82) is 0 Å². The number of benzene rings is 1. The van der Waals surface area contributed by atoms with Crippen LogP contribution in [0.15, 0.2) is 66.2 Å². The molecule has 0 bridgehead atoms. The molecule has 3 heterocycles. The summed E-state index contributed by atoms with van der Waals surface area (Å²) in [6.07, 6.45) is 7.94. The Kier molecular flexibility index (Phi) is 9.28. The molecule has 0 fully saturated rings. The zero-order chi connectivity index (χ0) is 29.4. The SMILES string of the molecule is C=Nc1cc(OC)c(OC)cc1/C(=C\C)Oc1ccc(NC(=O)c2nn(-c3cnccc3CO)cc2OCC)nc1. The zero-order valence-electron chi connectivity index (χ0n) is 23.1. The number of methoxy groups -OCH3 is 2. The number of amides is 1. The van der Waals surface area contributed by atoms with Crippen LogP contribution in [0.3, 0.4) is 0 Å². The van der Waals surface area contributed by atoms with Crippen molar-refractivity contribution < 1.29 is 28.8 Å². The van der Waals surface area contributed by atoms with Gasteiger partial charge in [-0.2, -0.15) is 5.10 Å². The molecule has 0 saturated heterocycles. The molecule has 0 saturated carbocycles. The number of hydrogen-bond donors (Lipinski definition) is 2. The van der Waals surface area contributed by atoms with Crippen LogP contribution in [-0.4, -0.2) is 58.3 Å². The Morgan fingerprint density at radius 3 is 2.56 bits per heavy atom. The van der Waals surface area contributed by atoms with Gasteiger partial charge < -0.3 is 29.4 Å². The van der Waals surface area contributed by atoms with E-state index < -0.39 is 5.91 Å². The molecule has 4 rings (SSSR count). The minimum absolute atomic E-state index is 0.0517. The first kappa shape index (κ1) is 28.8. The molecule has 0 aliphatic rings. The fourth-order valence-electron chi connectivity index (χ4n) is 3.94. The largest absolute Gasteiger partial charge is 0.493 e. The number of aromatic nitrogens is 4. The molecule has 41 heavy (non-hydrogen) atoms. The van der Waals surface area contributed by atoms with E-state index in [2.05, 4.69) is 32.1 Å². The molecule has 0 spiro atoms. The summed E-state index contributed by atoms with van der Waals surface area (Å²) in [5, 5.41) is 16.8. The van der Waals surface area contributed by atoms with Crippen LogP contribution < -0.4 is 24.3 Å². The number of allylic oxidation sites excluding steroid dienone is 1. The number of hydrogen-bond acceptors (Lipinski definition) is 10. The predicted octanol–water partition coefficient (Wildman–Crippen LogP) is 4.59. The van der Waals surface area contributed by atoms with Gasteiger partial charge in [0.25, 0.3) is 5.91 Å². The lowest BCUT2D eigenvalue weighted by Gasteiger charge is -2.15. The molecular formula is C29H30N6O6. The molecule has 0 radical (unpaired) electrons. The minimum atomic E-state index is -0.524. The average molecular weight is 559 g/mol. The van der Waals surface area contributed by atoms with Crippen molar-refractivity contribution in [1.82, 2.24) is 19.7 Å². The van der Waals surface area contributed by atoms with Crippen LogP contribution in [0.1, 0.15) is 35.5 Å². The summed E-state index contributed by atoms with van der Waals surface area (Å²) in [4.78, 5) is 25.6. The van der Waals surface area contributed by atoms with Crippen molar-refractivity contribution in [2.24, 2.45) is 4.99 Å². The maximum absolute atomic E-state index is 13.1. The van der Waals surface area contributed by atoms with E-state index in [-0.39, 0.29) is 23.9 Å². The second kappa shape index (κ2) is 13.2. The molecule has 2 N–H and O–H groups in total. The van der Waals surface area contributed by atoms with Crippen molar-refractivity contribution >= 4 is 29.9 Å². The number of anilines is 1. The van der Waals surface area contributed by atoms with E-state index in [9.17, 15) is 9.90 Å². The van der Waals surface area contributed by atoms with Crippen molar-refractivity contribution in [3.8, 4) is 28.7 Å². The number of nitrogens with one attached hydrogen (secondary N) is 1. The third-order valence-electron chi connectivity index (χ3n) is 5.91. The van der Waals surface area contributed by atoms with E-state index in [0.29, 0.717) is 52.1 Å². The lowest BCUT2D eigenvalue weighted by molar-refractivity contribution is 0.101. The second-order valence-electron chi connectivity index (χ2n) is 8.35. The highest BCUT2D eigenvalue weighted by Crippen LogP contribution is 2.38. The third-order valence-corrected chi connectivity index (χ3v) is 5.91. The number of rotatable bonds is 12. The molecule has 12 heteroatoms. The van der Waals surface area contributed by atoms with E-state index in [1.807, 2.05) is 6.92 Å². The quantitative estimate of drug-likeness (QED) is 0.188. The summed E-state index contributed by atoms with van der Waals surface area (Å²) in [5.74, 6) is 1.98. The maximum atomic E-state index is 13.1. The van der Waals surface area contributed by atoms with Crippen molar-refractivity contribution in [2.75, 3.05) is 26.1 Å². The fourth-order valence-corrected chi connectivity index (χ4v) is 3.94. The second-order valence-corrected chi connectivity index (χ2v) is 8.35. The first-order valence-corrected chi connectivity index (χ1v) is 12.6. The van der Waals surface area contributed by atoms with Gasteiger partial charge in [0.05, 0.1) is 57.4 Å². The van der Waals surface area contributed by atoms with Crippen molar-refractivity contribution in [3.05, 3.63) is 78.0 Å². The number of aliphatic hydroxyl groups is 1. The van der Waals surface area contributed by atoms with Gasteiger partial charge >= 0.3 is 0 Å². The van der Waals surface area contributed by atoms with Gasteiger partial charge in [0, 0.05) is 23.4 Å². The predicted molar refractivity (Wildman–Crippen MR) is 154 cm³/mol. The summed E-state index contributed by atoms with van der Waals surface area (Å²) in [6, 6.07) is 8.40. The normalized spacial score (nSPS) is 11.1. The Labute approximate surface area is 236 Å². The third kappa shape index (κ3) is 6.34. The van der Waals surface area contributed by atoms with Gasteiger partial charge in [0.15, 0.2) is 22.9 Å². The summed E-state index contributed by atoms with van der Waals surface area (Å²) in [6.45, 7) is 7.38. The van der Waals surface area contributed by atoms with Gasteiger partial charge in [0.2, 0.25) is 0 Å². The van der Waals surface area contributed by atoms with Gasteiger partial charge in [-0.25, -0.2) is 9.67 Å². The molecule has 0 atom stereocenters. The lowest BCUT2D eigenvalue weighted by Crippen LogP contribution is -2.15. The van der Waals surface area contributed by atoms with Crippen LogP contribution in [0.2, 0.25) is 0 Å². The average Bonchev–Trinajstić information content (AvgIpc) is 3.44. The molecule has 4 aromatic rings. The van der Waals surface area contributed by atoms with Crippen LogP contribution in [0.4, 0.5) is 11.5 Å². The Morgan fingerprint density at radius 1 is 1.15 bits per heavy atom. The number of aliphatic hydroxyl groups excluding tert-OH is 1. The van der Waals surface area contributed by atoms with Gasteiger partial charge in [0.1, 0.15) is 17.3 Å². The van der Waals surface area contributed by atoms with Crippen LogP contribution >= 0.6 is 0 Å². The molecule has 12 nitrogen and oxygen atoms in total. The van der Waals surface area contributed by atoms with Crippen LogP contribution in [-0.2, 0) is 6.61 Å². The standard InChI is InChI=1S/C29H30N6O6/c1-6-23(20-12-24(38-4)25(39-5)13-21(20)30-3)41-19-8-9-27(32-14-19)33-29(37)28-26(40-7-2)16-35(34-28)22-15-31-11-10-18(22)17-36/h6,8-16,36H,3,7,17H2,1-2,4-5H3,(H,32,33,37)/b23-6+. The zero-order valence-corrected chi connectivity index (χ0v) is 23.1. The lowest BCUT2D eigenvalue weighted by atomic mass is 10.1. The number of aliphatic imine (C=N–C) groups is 1. The summed E-state index contributed by atoms with van der Waals surface area (Å²) in [7, 11) is 3.09. The Hall–Kier alpha value is -5.23. The van der Waals surface area contributed by atoms with E-state index in [1.54, 1.807) is 76.1 Å². The highest BCUT2D eigenvalue weighted by atomic mass is 16.5. The fraction of sp³-hybridized carbons (Fsp3) is 0.207. The molecular weight excluding hydrogens is 528 g/mol. The summed E-state index contributed by atoms with van der Waals surface area (Å²) in [5.41, 5.74) is 2.37. The molecule has 0 unspecified atom stereocenters. The molecule has 3 aromatic heterocycles. The van der Waals surface area contributed by atoms with E-state index in [4.69, 9.17) is 18.9 Å². The highest BCUT2D eigenvalue weighted by molar-refractivity contribution is 6.04. The number of ether oxygens (including phenoxy) is 4. The topological polar surface area (TPSA) is 142 Å². The number of pyridine rings is 2. The van der Waals surface area contributed by atoms with Crippen LogP contribution in [0, 0.1) is 0 Å². The van der Waals surface area contributed by atoms with Crippen molar-refractivity contribution in [2.45, 2.75) is 20.5 Å². The maximum Gasteiger partial charge on any atom is 0.281 e. The summed E-state index contributed by atoms with van der Waals surface area (Å²) >= 11 is 0. The van der Waals surface area contributed by atoms with E-state index >= 15 is 0 Å². The smallest absolute Gasteiger partial charge is 0.281 e. The molecule has 0 aliphatic carbocycles. The van der Waals surface area contributed by atoms with Crippen molar-refractivity contribution in [3.63, 3.8) is 0 Å². The molecule has 1 amide bonds. The Morgan fingerprint density at radius 2 is 1.93 bits per heavy atom. The van der Waals surface area contributed by atoms with Gasteiger partial charge in [-0.3, -0.25) is 14.8 Å². The van der Waals surface area contributed by atoms with Crippen LogP contribution in [0.25, 0.3) is 11.4 Å². The Bertz CT molecular complexity index is 1560. The number of nitrogens with zero attached hydrogens (tertiary/aromatic N) is 5.